The van der Waals surface area contributed by atoms with E-state index in [0.29, 0.717) is 12.5 Å². The third-order valence-corrected chi connectivity index (χ3v) is 4.95. The van der Waals surface area contributed by atoms with Gasteiger partial charge in [-0.2, -0.15) is 26.3 Å². The monoisotopic (exact) mass is 455 g/mol. The van der Waals surface area contributed by atoms with Crippen LogP contribution in [-0.4, -0.2) is 37.7 Å². The summed E-state index contributed by atoms with van der Waals surface area (Å²) >= 11 is 0. The van der Waals surface area contributed by atoms with Crippen LogP contribution in [0.5, 0.6) is 5.88 Å². The zero-order valence-electron chi connectivity index (χ0n) is 16.2. The second-order valence-corrected chi connectivity index (χ2v) is 7.30. The first-order valence-corrected chi connectivity index (χ1v) is 9.39. The van der Waals surface area contributed by atoms with E-state index in [9.17, 15) is 36.6 Å². The first-order chi connectivity index (χ1) is 14.4. The van der Waals surface area contributed by atoms with Gasteiger partial charge in [0.05, 0.1) is 12.7 Å². The molecule has 0 unspecified atom stereocenters. The van der Waals surface area contributed by atoms with Gasteiger partial charge in [-0.1, -0.05) is 6.42 Å². The molecule has 0 spiro atoms. The second kappa shape index (κ2) is 8.26. The summed E-state index contributed by atoms with van der Waals surface area (Å²) in [7, 11) is 0. The Morgan fingerprint density at radius 1 is 1.13 bits per heavy atom. The molecule has 1 aliphatic heterocycles. The lowest BCUT2D eigenvalue weighted by atomic mass is 9.94. The summed E-state index contributed by atoms with van der Waals surface area (Å²) in [6.45, 7) is 0.562. The molecule has 0 saturated carbocycles. The van der Waals surface area contributed by atoms with Gasteiger partial charge in [0, 0.05) is 5.56 Å². The third-order valence-electron chi connectivity index (χ3n) is 4.95. The highest BCUT2D eigenvalue weighted by Crippen LogP contribution is 2.44. The van der Waals surface area contributed by atoms with Crippen LogP contribution in [0.2, 0.25) is 0 Å². The van der Waals surface area contributed by atoms with E-state index in [1.54, 1.807) is 0 Å². The van der Waals surface area contributed by atoms with Crippen molar-refractivity contribution in [1.29, 1.82) is 0 Å². The van der Waals surface area contributed by atoms with Crippen molar-refractivity contribution in [3.8, 4) is 17.5 Å². The Balaban J connectivity index is 2.21. The number of hydrogen-bond donors (Lipinski definition) is 2. The van der Waals surface area contributed by atoms with Crippen LogP contribution >= 0.6 is 0 Å². The van der Waals surface area contributed by atoms with Gasteiger partial charge in [0.2, 0.25) is 11.5 Å². The minimum atomic E-state index is -5.14. The van der Waals surface area contributed by atoms with E-state index in [1.165, 1.54) is 6.92 Å². The van der Waals surface area contributed by atoms with Crippen LogP contribution < -0.4 is 4.74 Å². The molecular weight excluding hydrogens is 436 g/mol. The fourth-order valence-corrected chi connectivity index (χ4v) is 3.23. The average Bonchev–Trinajstić information content (AvgIpc) is 3.15. The Bertz CT molecular complexity index is 930. The van der Waals surface area contributed by atoms with Crippen LogP contribution in [0.3, 0.4) is 0 Å². The number of aliphatic hydroxyl groups is 2. The van der Waals surface area contributed by atoms with E-state index >= 15 is 0 Å². The predicted octanol–water partition coefficient (Wildman–Crippen LogP) is 4.12. The van der Waals surface area contributed by atoms with E-state index in [1.807, 2.05) is 0 Å². The lowest BCUT2D eigenvalue weighted by molar-refractivity contribution is -0.277. The van der Waals surface area contributed by atoms with Crippen molar-refractivity contribution in [2.45, 2.75) is 69.7 Å². The summed E-state index contributed by atoms with van der Waals surface area (Å²) in [6.07, 6.45) is -10.7. The molecule has 3 rings (SSSR count). The lowest BCUT2D eigenvalue weighted by Crippen LogP contribution is -2.42. The van der Waals surface area contributed by atoms with Crippen LogP contribution in [0.25, 0.3) is 11.6 Å². The van der Waals surface area contributed by atoms with Gasteiger partial charge in [0.25, 0.3) is 11.8 Å². The summed E-state index contributed by atoms with van der Waals surface area (Å²) in [4.78, 5) is 3.74. The standard InChI is InChI=1S/C18H19F6N3O4/c1-9-5-3-2-4-6-16(29,18(22,23)24)15-27-26-14(31-15)12-10(8-28)7-11(17(19,20)21)13(25-12)30-9/h7,9,28-29H,2-6,8H2,1H3/t9-,16-/m1/s1. The number of hydrogen-bond acceptors (Lipinski definition) is 7. The maximum Gasteiger partial charge on any atom is 0.426 e. The molecule has 0 aromatic carbocycles. The van der Waals surface area contributed by atoms with Crippen molar-refractivity contribution in [3.05, 3.63) is 23.1 Å². The van der Waals surface area contributed by atoms with Gasteiger partial charge in [-0.05, 0) is 38.7 Å². The molecular formula is C18H19F6N3O4. The minimum Gasteiger partial charge on any atom is -0.474 e. The highest BCUT2D eigenvalue weighted by atomic mass is 19.4. The van der Waals surface area contributed by atoms with Crippen molar-refractivity contribution in [2.24, 2.45) is 0 Å². The number of aromatic nitrogens is 3. The molecule has 0 amide bonds. The number of aliphatic hydroxyl groups excluding tert-OH is 1. The molecule has 7 nitrogen and oxygen atoms in total. The Morgan fingerprint density at radius 2 is 1.84 bits per heavy atom. The molecule has 0 fully saturated rings. The second-order valence-electron chi connectivity index (χ2n) is 7.30. The number of rotatable bonds is 1. The molecule has 2 N–H and O–H groups in total. The fraction of sp³-hybridized carbons (Fsp3) is 0.611. The molecule has 2 aromatic heterocycles. The van der Waals surface area contributed by atoms with E-state index in [-0.39, 0.29) is 19.3 Å². The number of alkyl halides is 6. The van der Waals surface area contributed by atoms with Crippen LogP contribution in [0, 0.1) is 0 Å². The Kier molecular flexibility index (Phi) is 6.20. The highest BCUT2D eigenvalue weighted by molar-refractivity contribution is 5.56. The normalized spacial score (nSPS) is 23.2. The summed E-state index contributed by atoms with van der Waals surface area (Å²) in [5.41, 5.74) is -5.58. The van der Waals surface area contributed by atoms with Crippen molar-refractivity contribution >= 4 is 0 Å². The SMILES string of the molecule is C[C@@H]1CCCCC[C@](O)(C(F)(F)F)c2nnc(o2)-c2nc(c(C(F)(F)F)cc2CO)O1. The zero-order chi connectivity index (χ0) is 23.0. The molecule has 2 atom stereocenters. The third kappa shape index (κ3) is 4.61. The molecule has 13 heteroatoms. The van der Waals surface area contributed by atoms with E-state index < -0.39 is 71.6 Å². The van der Waals surface area contributed by atoms with Gasteiger partial charge in [-0.3, -0.25) is 0 Å². The summed E-state index contributed by atoms with van der Waals surface area (Å²) < 4.78 is 91.6. The van der Waals surface area contributed by atoms with Crippen molar-refractivity contribution in [1.82, 2.24) is 15.2 Å². The first kappa shape index (κ1) is 23.3. The molecule has 0 aliphatic carbocycles. The molecule has 3 heterocycles. The average molecular weight is 455 g/mol. The van der Waals surface area contributed by atoms with Gasteiger partial charge in [-0.25, -0.2) is 4.98 Å². The van der Waals surface area contributed by atoms with Crippen molar-refractivity contribution < 1.29 is 45.7 Å². The van der Waals surface area contributed by atoms with Crippen LogP contribution in [-0.2, 0) is 18.4 Å². The van der Waals surface area contributed by atoms with Crippen LogP contribution in [0.1, 0.15) is 56.0 Å². The van der Waals surface area contributed by atoms with E-state index in [0.717, 1.165) is 0 Å². The van der Waals surface area contributed by atoms with Gasteiger partial charge >= 0.3 is 12.4 Å². The number of halogens is 6. The van der Waals surface area contributed by atoms with Gasteiger partial charge < -0.3 is 19.4 Å². The molecule has 1 aliphatic rings. The van der Waals surface area contributed by atoms with Crippen LogP contribution in [0.4, 0.5) is 26.3 Å². The number of fused-ring (bicyclic) bond motifs is 5. The topological polar surface area (TPSA) is 102 Å². The predicted molar refractivity (Wildman–Crippen MR) is 91.6 cm³/mol. The maximum atomic E-state index is 13.6. The molecule has 0 radical (unpaired) electrons. The summed E-state index contributed by atoms with van der Waals surface area (Å²) in [5, 5.41) is 26.5. The molecule has 172 valence electrons. The molecule has 2 aromatic rings. The van der Waals surface area contributed by atoms with Crippen molar-refractivity contribution in [3.63, 3.8) is 0 Å². The smallest absolute Gasteiger partial charge is 0.426 e. The van der Waals surface area contributed by atoms with Gasteiger partial charge in [0.1, 0.15) is 11.3 Å². The molecule has 4 bridgehead atoms. The lowest BCUT2D eigenvalue weighted by Gasteiger charge is -2.27. The molecule has 0 saturated heterocycles. The Morgan fingerprint density at radius 3 is 2.45 bits per heavy atom. The van der Waals surface area contributed by atoms with Gasteiger partial charge in [0.15, 0.2) is 0 Å². The van der Waals surface area contributed by atoms with E-state index in [4.69, 9.17) is 9.15 Å². The van der Waals surface area contributed by atoms with Crippen molar-refractivity contribution in [2.75, 3.05) is 0 Å². The van der Waals surface area contributed by atoms with Crippen LogP contribution in [0.15, 0.2) is 10.5 Å². The quantitative estimate of drug-likeness (QED) is 0.624. The number of pyridine rings is 1. The fourth-order valence-electron chi connectivity index (χ4n) is 3.23. The first-order valence-electron chi connectivity index (χ1n) is 9.39. The minimum absolute atomic E-state index is 0.0559. The maximum absolute atomic E-state index is 13.6. The van der Waals surface area contributed by atoms with E-state index in [2.05, 4.69) is 15.2 Å². The molecule has 31 heavy (non-hydrogen) atoms. The summed E-state index contributed by atoms with van der Waals surface area (Å²) in [5.74, 6) is -2.67. The number of ether oxygens (including phenoxy) is 1. The largest absolute Gasteiger partial charge is 0.474 e. The Hall–Kier alpha value is -2.41. The van der Waals surface area contributed by atoms with Gasteiger partial charge in [-0.15, -0.1) is 10.2 Å². The Labute approximate surface area is 172 Å². The number of nitrogens with zero attached hydrogens (tertiary/aromatic N) is 3. The highest BCUT2D eigenvalue weighted by Gasteiger charge is 2.58. The summed E-state index contributed by atoms with van der Waals surface area (Å²) in [6, 6.07) is 0.566. The zero-order valence-corrected chi connectivity index (χ0v) is 16.2.